The SMILES string of the molecule is C=CCO[C@@H]1CCN(C(=O)COCC(=O)[O-])[C@H](C(=O)N2CCC[C@@H]2C(=O)OC)C1. The van der Waals surface area contributed by atoms with Crippen molar-refractivity contribution >= 4 is 23.8 Å². The van der Waals surface area contributed by atoms with Gasteiger partial charge >= 0.3 is 5.97 Å². The fourth-order valence-electron chi connectivity index (χ4n) is 3.73. The Bertz CT molecular complexity index is 638. The number of carboxylic acid groups (broad SMARTS) is 1. The van der Waals surface area contributed by atoms with E-state index in [0.717, 1.165) is 0 Å². The van der Waals surface area contributed by atoms with Crippen LogP contribution in [0.25, 0.3) is 0 Å². The van der Waals surface area contributed by atoms with Crippen LogP contribution in [0.2, 0.25) is 0 Å². The molecule has 0 radical (unpaired) electrons. The van der Waals surface area contributed by atoms with E-state index in [4.69, 9.17) is 14.2 Å². The summed E-state index contributed by atoms with van der Waals surface area (Å²) in [6.45, 7) is 3.40. The van der Waals surface area contributed by atoms with E-state index in [2.05, 4.69) is 6.58 Å². The molecular formula is C19H27N2O8-. The Morgan fingerprint density at radius 2 is 1.86 bits per heavy atom. The zero-order valence-electron chi connectivity index (χ0n) is 16.5. The number of amides is 2. The summed E-state index contributed by atoms with van der Waals surface area (Å²) >= 11 is 0. The molecule has 0 aromatic rings. The molecule has 2 fully saturated rings. The molecule has 0 aromatic carbocycles. The number of carboxylic acids is 1. The monoisotopic (exact) mass is 411 g/mol. The first kappa shape index (κ1) is 22.8. The molecule has 0 aliphatic carbocycles. The van der Waals surface area contributed by atoms with Crippen LogP contribution in [0.5, 0.6) is 0 Å². The minimum Gasteiger partial charge on any atom is -0.548 e. The molecule has 0 bridgehead atoms. The van der Waals surface area contributed by atoms with Crippen LogP contribution in [0.3, 0.4) is 0 Å². The van der Waals surface area contributed by atoms with Crippen LogP contribution >= 0.6 is 0 Å². The smallest absolute Gasteiger partial charge is 0.328 e. The normalized spacial score (nSPS) is 24.2. The molecule has 2 aliphatic rings. The highest BCUT2D eigenvalue weighted by atomic mass is 16.5. The van der Waals surface area contributed by atoms with Crippen LogP contribution in [0.4, 0.5) is 0 Å². The molecule has 29 heavy (non-hydrogen) atoms. The Kier molecular flexibility index (Phi) is 8.59. The molecule has 10 heteroatoms. The molecule has 0 saturated carbocycles. The van der Waals surface area contributed by atoms with E-state index in [1.54, 1.807) is 6.08 Å². The fourth-order valence-corrected chi connectivity index (χ4v) is 3.73. The lowest BCUT2D eigenvalue weighted by molar-refractivity contribution is -0.309. The zero-order valence-corrected chi connectivity index (χ0v) is 16.5. The third-order valence-corrected chi connectivity index (χ3v) is 5.06. The molecule has 2 heterocycles. The zero-order chi connectivity index (χ0) is 21.4. The number of carbonyl (C=O) groups excluding carboxylic acids is 4. The van der Waals surface area contributed by atoms with Gasteiger partial charge in [0, 0.05) is 19.5 Å². The van der Waals surface area contributed by atoms with Gasteiger partial charge < -0.3 is 33.9 Å². The van der Waals surface area contributed by atoms with Gasteiger partial charge in [0.2, 0.25) is 11.8 Å². The summed E-state index contributed by atoms with van der Waals surface area (Å²) in [4.78, 5) is 51.2. The first-order chi connectivity index (χ1) is 13.9. The van der Waals surface area contributed by atoms with Crippen molar-refractivity contribution in [1.82, 2.24) is 9.80 Å². The number of likely N-dealkylation sites (tertiary alicyclic amines) is 2. The van der Waals surface area contributed by atoms with Gasteiger partial charge in [0.15, 0.2) is 0 Å². The van der Waals surface area contributed by atoms with E-state index in [-0.39, 0.29) is 25.0 Å². The number of methoxy groups -OCH3 is 1. The largest absolute Gasteiger partial charge is 0.548 e. The van der Waals surface area contributed by atoms with Crippen molar-refractivity contribution in [2.75, 3.05) is 40.0 Å². The van der Waals surface area contributed by atoms with E-state index in [1.807, 2.05) is 0 Å². The average Bonchev–Trinajstić information content (AvgIpc) is 3.20. The van der Waals surface area contributed by atoms with Crippen molar-refractivity contribution in [3.63, 3.8) is 0 Å². The van der Waals surface area contributed by atoms with Crippen molar-refractivity contribution < 1.29 is 38.5 Å². The molecule has 2 aliphatic heterocycles. The lowest BCUT2D eigenvalue weighted by atomic mass is 9.97. The van der Waals surface area contributed by atoms with Crippen molar-refractivity contribution in [3.05, 3.63) is 12.7 Å². The number of ether oxygens (including phenoxy) is 3. The fraction of sp³-hybridized carbons (Fsp3) is 0.684. The van der Waals surface area contributed by atoms with Crippen LogP contribution in [-0.4, -0.2) is 91.8 Å². The van der Waals surface area contributed by atoms with Crippen LogP contribution in [0.1, 0.15) is 25.7 Å². The molecule has 3 atom stereocenters. The standard InChI is InChI=1S/C19H28N2O8/c1-3-9-29-13-6-8-20(16(22)11-28-12-17(23)24)15(10-13)18(25)21-7-4-5-14(21)19(26)27-2/h3,13-15H,1,4-12H2,2H3,(H,23,24)/p-1/t13-,14-,15+/m1/s1. The highest BCUT2D eigenvalue weighted by Crippen LogP contribution is 2.26. The highest BCUT2D eigenvalue weighted by Gasteiger charge is 2.43. The molecule has 0 unspecified atom stereocenters. The quantitative estimate of drug-likeness (QED) is 0.331. The second kappa shape index (κ2) is 10.9. The first-order valence-corrected chi connectivity index (χ1v) is 9.56. The molecule has 10 nitrogen and oxygen atoms in total. The van der Waals surface area contributed by atoms with E-state index >= 15 is 0 Å². The number of esters is 1. The van der Waals surface area contributed by atoms with E-state index in [9.17, 15) is 24.3 Å². The Morgan fingerprint density at radius 3 is 2.52 bits per heavy atom. The second-order valence-corrected chi connectivity index (χ2v) is 6.95. The van der Waals surface area contributed by atoms with Crippen molar-refractivity contribution in [2.24, 2.45) is 0 Å². The van der Waals surface area contributed by atoms with Crippen molar-refractivity contribution in [3.8, 4) is 0 Å². The molecule has 2 saturated heterocycles. The molecule has 2 amide bonds. The maximum atomic E-state index is 13.3. The summed E-state index contributed by atoms with van der Waals surface area (Å²) in [6, 6.07) is -1.50. The Labute approximate surface area is 169 Å². The van der Waals surface area contributed by atoms with Gasteiger partial charge in [-0.25, -0.2) is 4.79 Å². The first-order valence-electron chi connectivity index (χ1n) is 9.56. The van der Waals surface area contributed by atoms with Crippen LogP contribution in [-0.2, 0) is 33.4 Å². The molecule has 162 valence electrons. The molecule has 2 rings (SSSR count). The van der Waals surface area contributed by atoms with Gasteiger partial charge in [0.25, 0.3) is 0 Å². The third kappa shape index (κ3) is 6.01. The van der Waals surface area contributed by atoms with Crippen LogP contribution in [0.15, 0.2) is 12.7 Å². The predicted octanol–water partition coefficient (Wildman–Crippen LogP) is -1.52. The van der Waals surface area contributed by atoms with Gasteiger partial charge in [-0.3, -0.25) is 9.59 Å². The summed E-state index contributed by atoms with van der Waals surface area (Å²) in [5, 5.41) is 10.5. The van der Waals surface area contributed by atoms with Gasteiger partial charge in [-0.05, 0) is 19.3 Å². The minimum atomic E-state index is -1.43. The number of hydrogen-bond acceptors (Lipinski definition) is 8. The Balaban J connectivity index is 2.13. The number of nitrogens with zero attached hydrogens (tertiary/aromatic N) is 2. The van der Waals surface area contributed by atoms with Gasteiger partial charge in [-0.2, -0.15) is 0 Å². The molecule has 0 spiro atoms. The minimum absolute atomic E-state index is 0.241. The lowest BCUT2D eigenvalue weighted by Gasteiger charge is -2.40. The summed E-state index contributed by atoms with van der Waals surface area (Å²) in [5.41, 5.74) is 0. The molecular weight excluding hydrogens is 384 g/mol. The summed E-state index contributed by atoms with van der Waals surface area (Å²) in [7, 11) is 1.27. The predicted molar refractivity (Wildman–Crippen MR) is 97.2 cm³/mol. The topological polar surface area (TPSA) is 126 Å². The maximum Gasteiger partial charge on any atom is 0.328 e. The van der Waals surface area contributed by atoms with E-state index < -0.39 is 43.1 Å². The summed E-state index contributed by atoms with van der Waals surface area (Å²) in [6.07, 6.45) is 3.32. The number of aliphatic carboxylic acids is 1. The van der Waals surface area contributed by atoms with Crippen molar-refractivity contribution in [1.29, 1.82) is 0 Å². The van der Waals surface area contributed by atoms with Gasteiger partial charge in [-0.15, -0.1) is 6.58 Å². The van der Waals surface area contributed by atoms with Crippen LogP contribution < -0.4 is 5.11 Å². The van der Waals surface area contributed by atoms with Gasteiger partial charge in [0.05, 0.1) is 32.4 Å². The van der Waals surface area contributed by atoms with Gasteiger partial charge in [0.1, 0.15) is 18.7 Å². The molecule has 0 aromatic heterocycles. The lowest BCUT2D eigenvalue weighted by Crippen LogP contribution is -2.58. The summed E-state index contributed by atoms with van der Waals surface area (Å²) < 4.78 is 15.3. The molecule has 0 N–H and O–H groups in total. The average molecular weight is 411 g/mol. The third-order valence-electron chi connectivity index (χ3n) is 5.06. The van der Waals surface area contributed by atoms with Gasteiger partial charge in [-0.1, -0.05) is 6.08 Å². The Hall–Kier alpha value is -2.46. The van der Waals surface area contributed by atoms with E-state index in [0.29, 0.717) is 32.4 Å². The second-order valence-electron chi connectivity index (χ2n) is 6.95. The highest BCUT2D eigenvalue weighted by molar-refractivity contribution is 5.91. The summed E-state index contributed by atoms with van der Waals surface area (Å²) in [5.74, 6) is -2.76. The van der Waals surface area contributed by atoms with E-state index in [1.165, 1.54) is 16.9 Å². The maximum absolute atomic E-state index is 13.3. The number of carbonyl (C=O) groups is 4. The van der Waals surface area contributed by atoms with Crippen LogP contribution in [0, 0.1) is 0 Å². The Morgan fingerprint density at radius 1 is 1.10 bits per heavy atom. The number of piperidine rings is 1. The number of hydrogen-bond donors (Lipinski definition) is 0. The number of rotatable bonds is 9. The van der Waals surface area contributed by atoms with Crippen molar-refractivity contribution in [2.45, 2.75) is 43.9 Å².